The van der Waals surface area contributed by atoms with Crippen LogP contribution in [0.25, 0.3) is 5.65 Å². The van der Waals surface area contributed by atoms with Gasteiger partial charge in [-0.1, -0.05) is 11.6 Å². The maximum Gasteiger partial charge on any atom is 0.174 e. The molecule has 16 heavy (non-hydrogen) atoms. The third kappa shape index (κ3) is 1.49. The Morgan fingerprint density at radius 1 is 1.50 bits per heavy atom. The Bertz CT molecular complexity index is 522. The van der Waals surface area contributed by atoms with E-state index >= 15 is 0 Å². The van der Waals surface area contributed by atoms with Crippen LogP contribution in [0, 0.1) is 0 Å². The monoisotopic (exact) mass is 236 g/mol. The molecule has 0 aliphatic carbocycles. The van der Waals surface area contributed by atoms with Crippen LogP contribution in [0.3, 0.4) is 0 Å². The van der Waals surface area contributed by atoms with E-state index in [1.165, 1.54) is 6.42 Å². The summed E-state index contributed by atoms with van der Waals surface area (Å²) in [6.45, 7) is 1.12. The highest BCUT2D eigenvalue weighted by Gasteiger charge is 2.26. The van der Waals surface area contributed by atoms with Crippen molar-refractivity contribution in [3.63, 3.8) is 0 Å². The van der Waals surface area contributed by atoms with Gasteiger partial charge < -0.3 is 0 Å². The quantitative estimate of drug-likeness (QED) is 0.761. The van der Waals surface area contributed by atoms with Crippen molar-refractivity contribution in [3.05, 3.63) is 29.2 Å². The first-order chi connectivity index (χ1) is 7.75. The van der Waals surface area contributed by atoms with Gasteiger partial charge in [-0.3, -0.25) is 4.90 Å². The second-order valence-corrected chi connectivity index (χ2v) is 4.64. The van der Waals surface area contributed by atoms with Crippen LogP contribution >= 0.6 is 11.6 Å². The molecule has 1 fully saturated rings. The predicted octanol–water partition coefficient (Wildman–Crippen LogP) is 2.15. The van der Waals surface area contributed by atoms with Crippen molar-refractivity contribution in [2.75, 3.05) is 13.6 Å². The molecule has 0 saturated carbocycles. The average molecular weight is 237 g/mol. The van der Waals surface area contributed by atoms with Gasteiger partial charge in [0.1, 0.15) is 0 Å². The molecule has 2 aromatic heterocycles. The average Bonchev–Trinajstić information content (AvgIpc) is 2.84. The standard InChI is InChI=1S/C11H13ClN4/c1-15-6-3-5-9(15)10-13-11-8(12)4-2-7-16(11)14-10/h2,4,7,9H,3,5-6H2,1H3. The van der Waals surface area contributed by atoms with E-state index in [-0.39, 0.29) is 0 Å². The zero-order chi connectivity index (χ0) is 11.1. The van der Waals surface area contributed by atoms with Gasteiger partial charge in [0.05, 0.1) is 11.1 Å². The van der Waals surface area contributed by atoms with Crippen LogP contribution in [0.2, 0.25) is 5.02 Å². The molecule has 1 atom stereocenters. The number of rotatable bonds is 1. The van der Waals surface area contributed by atoms with Crippen molar-refractivity contribution in [2.24, 2.45) is 0 Å². The van der Waals surface area contributed by atoms with Gasteiger partial charge in [-0.25, -0.2) is 9.50 Å². The highest BCUT2D eigenvalue weighted by atomic mass is 35.5. The fourth-order valence-electron chi connectivity index (χ4n) is 2.27. The van der Waals surface area contributed by atoms with Crippen molar-refractivity contribution in [2.45, 2.75) is 18.9 Å². The summed E-state index contributed by atoms with van der Waals surface area (Å²) in [6.07, 6.45) is 4.22. The highest BCUT2D eigenvalue weighted by molar-refractivity contribution is 6.33. The minimum Gasteiger partial charge on any atom is -0.296 e. The first kappa shape index (κ1) is 10.1. The van der Waals surface area contributed by atoms with Crippen molar-refractivity contribution < 1.29 is 0 Å². The van der Waals surface area contributed by atoms with Gasteiger partial charge >= 0.3 is 0 Å². The van der Waals surface area contributed by atoms with Gasteiger partial charge in [0.15, 0.2) is 11.5 Å². The molecule has 1 saturated heterocycles. The summed E-state index contributed by atoms with van der Waals surface area (Å²) in [7, 11) is 2.12. The summed E-state index contributed by atoms with van der Waals surface area (Å²) in [6, 6.07) is 4.07. The van der Waals surface area contributed by atoms with Gasteiger partial charge in [-0.15, -0.1) is 5.10 Å². The Morgan fingerprint density at radius 2 is 2.38 bits per heavy atom. The fourth-order valence-corrected chi connectivity index (χ4v) is 2.47. The van der Waals surface area contributed by atoms with E-state index in [0.29, 0.717) is 11.1 Å². The lowest BCUT2D eigenvalue weighted by atomic mass is 10.2. The molecule has 5 heteroatoms. The Morgan fingerprint density at radius 3 is 3.06 bits per heavy atom. The van der Waals surface area contributed by atoms with Crippen LogP contribution in [0.4, 0.5) is 0 Å². The van der Waals surface area contributed by atoms with Crippen LogP contribution in [-0.2, 0) is 0 Å². The molecule has 0 amide bonds. The lowest BCUT2D eigenvalue weighted by Crippen LogP contribution is -2.18. The molecule has 2 aromatic rings. The normalized spacial score (nSPS) is 22.0. The van der Waals surface area contributed by atoms with E-state index in [1.807, 2.05) is 18.3 Å². The zero-order valence-corrected chi connectivity index (χ0v) is 9.85. The molecular formula is C11H13ClN4. The summed E-state index contributed by atoms with van der Waals surface area (Å²) in [5.41, 5.74) is 0.750. The van der Waals surface area contributed by atoms with E-state index in [0.717, 1.165) is 24.4 Å². The van der Waals surface area contributed by atoms with E-state index in [2.05, 4.69) is 22.0 Å². The van der Waals surface area contributed by atoms with E-state index in [4.69, 9.17) is 11.6 Å². The molecule has 1 aliphatic rings. The lowest BCUT2D eigenvalue weighted by molar-refractivity contribution is 0.306. The lowest BCUT2D eigenvalue weighted by Gasteiger charge is -2.15. The number of nitrogens with zero attached hydrogens (tertiary/aromatic N) is 4. The number of pyridine rings is 1. The number of hydrogen-bond acceptors (Lipinski definition) is 3. The molecule has 3 heterocycles. The van der Waals surface area contributed by atoms with Gasteiger partial charge in [0.2, 0.25) is 0 Å². The Hall–Kier alpha value is -1.13. The third-order valence-corrected chi connectivity index (χ3v) is 3.44. The van der Waals surface area contributed by atoms with Gasteiger partial charge in [0, 0.05) is 6.20 Å². The Labute approximate surface area is 98.8 Å². The molecule has 84 valence electrons. The summed E-state index contributed by atoms with van der Waals surface area (Å²) < 4.78 is 1.75. The zero-order valence-electron chi connectivity index (χ0n) is 9.10. The molecular weight excluding hydrogens is 224 g/mol. The molecule has 0 radical (unpaired) electrons. The fraction of sp³-hybridized carbons (Fsp3) is 0.455. The predicted molar refractivity (Wildman–Crippen MR) is 62.6 cm³/mol. The van der Waals surface area contributed by atoms with Gasteiger partial charge in [-0.2, -0.15) is 0 Å². The SMILES string of the molecule is CN1CCCC1c1nc2c(Cl)cccn2n1. The Balaban J connectivity index is 2.08. The summed E-state index contributed by atoms with van der Waals surface area (Å²) >= 11 is 6.08. The van der Waals surface area contributed by atoms with Crippen LogP contribution in [0.5, 0.6) is 0 Å². The topological polar surface area (TPSA) is 33.4 Å². The second-order valence-electron chi connectivity index (χ2n) is 4.23. The molecule has 1 unspecified atom stereocenters. The first-order valence-corrected chi connectivity index (χ1v) is 5.84. The van der Waals surface area contributed by atoms with Crippen LogP contribution in [0.1, 0.15) is 24.7 Å². The third-order valence-electron chi connectivity index (χ3n) is 3.15. The molecule has 0 bridgehead atoms. The number of hydrogen-bond donors (Lipinski definition) is 0. The van der Waals surface area contributed by atoms with Gasteiger partial charge in [-0.05, 0) is 38.6 Å². The van der Waals surface area contributed by atoms with E-state index < -0.39 is 0 Å². The van der Waals surface area contributed by atoms with Crippen molar-refractivity contribution in [1.29, 1.82) is 0 Å². The highest BCUT2D eigenvalue weighted by Crippen LogP contribution is 2.29. The molecule has 0 N–H and O–H groups in total. The molecule has 4 nitrogen and oxygen atoms in total. The van der Waals surface area contributed by atoms with E-state index in [9.17, 15) is 0 Å². The maximum absolute atomic E-state index is 6.08. The first-order valence-electron chi connectivity index (χ1n) is 5.47. The molecule has 0 spiro atoms. The molecule has 1 aliphatic heterocycles. The van der Waals surface area contributed by atoms with Gasteiger partial charge in [0.25, 0.3) is 0 Å². The molecule has 3 rings (SSSR count). The Kier molecular flexibility index (Phi) is 2.33. The number of likely N-dealkylation sites (tertiary alicyclic amines) is 1. The number of aromatic nitrogens is 3. The largest absolute Gasteiger partial charge is 0.296 e. The maximum atomic E-state index is 6.08. The van der Waals surface area contributed by atoms with Crippen LogP contribution in [-0.4, -0.2) is 33.1 Å². The summed E-state index contributed by atoms with van der Waals surface area (Å²) in [5.74, 6) is 0.883. The van der Waals surface area contributed by atoms with Crippen LogP contribution in [0.15, 0.2) is 18.3 Å². The van der Waals surface area contributed by atoms with Crippen molar-refractivity contribution in [3.8, 4) is 0 Å². The molecule has 0 aromatic carbocycles. The van der Waals surface area contributed by atoms with Crippen molar-refractivity contribution in [1.82, 2.24) is 19.5 Å². The second kappa shape index (κ2) is 3.71. The summed E-state index contributed by atoms with van der Waals surface area (Å²) in [5, 5.41) is 5.14. The number of halogens is 1. The summed E-state index contributed by atoms with van der Waals surface area (Å²) in [4.78, 5) is 6.82. The van der Waals surface area contributed by atoms with Crippen molar-refractivity contribution >= 4 is 17.2 Å². The van der Waals surface area contributed by atoms with Crippen LogP contribution < -0.4 is 0 Å². The minimum atomic E-state index is 0.343. The van der Waals surface area contributed by atoms with E-state index in [1.54, 1.807) is 4.52 Å². The minimum absolute atomic E-state index is 0.343. The smallest absolute Gasteiger partial charge is 0.174 e. The number of fused-ring (bicyclic) bond motifs is 1.